The predicted octanol–water partition coefficient (Wildman–Crippen LogP) is 3.11. The van der Waals surface area contributed by atoms with E-state index in [4.69, 9.17) is 15.5 Å². The van der Waals surface area contributed by atoms with E-state index in [1.54, 1.807) is 6.20 Å². The van der Waals surface area contributed by atoms with Crippen LogP contribution in [0, 0.1) is 0 Å². The summed E-state index contributed by atoms with van der Waals surface area (Å²) in [6, 6.07) is 16.2. The quantitative estimate of drug-likeness (QED) is 0.574. The van der Waals surface area contributed by atoms with Gasteiger partial charge in [-0.3, -0.25) is 0 Å². The van der Waals surface area contributed by atoms with Crippen molar-refractivity contribution < 1.29 is 4.74 Å². The molecule has 1 saturated heterocycles. The molecule has 3 heterocycles. The Morgan fingerprint density at radius 2 is 1.86 bits per heavy atom. The summed E-state index contributed by atoms with van der Waals surface area (Å²) in [6.45, 7) is 3.28. The third-order valence-corrected chi connectivity index (χ3v) is 4.93. The summed E-state index contributed by atoms with van der Waals surface area (Å²) >= 11 is 0. The van der Waals surface area contributed by atoms with E-state index < -0.39 is 0 Å². The van der Waals surface area contributed by atoms with Crippen molar-refractivity contribution in [3.05, 3.63) is 54.7 Å². The second kappa shape index (κ2) is 6.94. The number of nitrogens with zero attached hydrogens (tertiary/aromatic N) is 4. The number of aromatic amines is 1. The fourth-order valence-corrected chi connectivity index (χ4v) is 3.46. The normalized spacial score (nSPS) is 14.5. The van der Waals surface area contributed by atoms with E-state index in [0.717, 1.165) is 54.3 Å². The molecular weight excluding hydrogens is 352 g/mol. The number of nitrogens with two attached hydrogens (primary N) is 1. The van der Waals surface area contributed by atoms with Crippen molar-refractivity contribution in [2.45, 2.75) is 0 Å². The summed E-state index contributed by atoms with van der Waals surface area (Å²) in [5.41, 5.74) is 11.4. The maximum Gasteiger partial charge on any atom is 0.161 e. The molecule has 0 atom stereocenters. The lowest BCUT2D eigenvalue weighted by Gasteiger charge is -2.29. The maximum atomic E-state index is 6.11. The number of anilines is 2. The van der Waals surface area contributed by atoms with E-state index in [1.807, 2.05) is 36.4 Å². The lowest BCUT2D eigenvalue weighted by Crippen LogP contribution is -2.36. The fourth-order valence-electron chi connectivity index (χ4n) is 3.46. The summed E-state index contributed by atoms with van der Waals surface area (Å²) in [6.07, 6.45) is 1.71. The van der Waals surface area contributed by atoms with Crippen LogP contribution in [0.5, 0.6) is 0 Å². The van der Waals surface area contributed by atoms with Crippen molar-refractivity contribution in [3.63, 3.8) is 0 Å². The van der Waals surface area contributed by atoms with Crippen molar-refractivity contribution in [2.24, 2.45) is 0 Å². The molecule has 7 nitrogen and oxygen atoms in total. The van der Waals surface area contributed by atoms with Crippen LogP contribution in [-0.2, 0) is 4.74 Å². The van der Waals surface area contributed by atoms with Crippen LogP contribution in [0.2, 0.25) is 0 Å². The second-order valence-corrected chi connectivity index (χ2v) is 6.74. The van der Waals surface area contributed by atoms with Gasteiger partial charge < -0.3 is 20.4 Å². The summed E-state index contributed by atoms with van der Waals surface area (Å²) in [5.74, 6) is 0.976. The van der Waals surface area contributed by atoms with Gasteiger partial charge in [-0.1, -0.05) is 24.3 Å². The van der Waals surface area contributed by atoms with Gasteiger partial charge in [0.2, 0.25) is 0 Å². The van der Waals surface area contributed by atoms with Gasteiger partial charge in [0, 0.05) is 24.3 Å². The van der Waals surface area contributed by atoms with Crippen LogP contribution in [0.1, 0.15) is 0 Å². The molecule has 0 spiro atoms. The van der Waals surface area contributed by atoms with Crippen LogP contribution in [0.15, 0.2) is 54.7 Å². The molecule has 0 amide bonds. The van der Waals surface area contributed by atoms with Gasteiger partial charge in [0.25, 0.3) is 0 Å². The van der Waals surface area contributed by atoms with Crippen molar-refractivity contribution in [2.75, 3.05) is 36.9 Å². The van der Waals surface area contributed by atoms with Gasteiger partial charge in [0.1, 0.15) is 5.69 Å². The molecular formula is C21H20N6O. The third-order valence-electron chi connectivity index (χ3n) is 4.93. The van der Waals surface area contributed by atoms with Gasteiger partial charge in [-0.2, -0.15) is 0 Å². The minimum Gasteiger partial charge on any atom is -0.382 e. The number of fused-ring (bicyclic) bond motifs is 1. The van der Waals surface area contributed by atoms with Crippen LogP contribution in [0.4, 0.5) is 11.5 Å². The van der Waals surface area contributed by atoms with Gasteiger partial charge in [0.15, 0.2) is 11.6 Å². The topological polar surface area (TPSA) is 92.9 Å². The van der Waals surface area contributed by atoms with Gasteiger partial charge in [-0.15, -0.1) is 0 Å². The highest BCUT2D eigenvalue weighted by molar-refractivity contribution is 5.81. The van der Waals surface area contributed by atoms with E-state index >= 15 is 0 Å². The predicted molar refractivity (Wildman–Crippen MR) is 110 cm³/mol. The number of nitrogen functional groups attached to an aromatic ring is 1. The molecule has 0 radical (unpaired) electrons. The van der Waals surface area contributed by atoms with Crippen LogP contribution < -0.4 is 10.6 Å². The summed E-state index contributed by atoms with van der Waals surface area (Å²) in [5, 5.41) is 0. The number of imidazole rings is 1. The molecule has 28 heavy (non-hydrogen) atoms. The van der Waals surface area contributed by atoms with Crippen LogP contribution in [0.25, 0.3) is 33.8 Å². The lowest BCUT2D eigenvalue weighted by atomic mass is 10.1. The van der Waals surface area contributed by atoms with E-state index in [9.17, 15) is 0 Å². The number of hydrogen-bond acceptors (Lipinski definition) is 6. The van der Waals surface area contributed by atoms with Crippen molar-refractivity contribution in [3.8, 4) is 22.8 Å². The lowest BCUT2D eigenvalue weighted by molar-refractivity contribution is 0.122. The Kier molecular flexibility index (Phi) is 4.14. The third kappa shape index (κ3) is 3.05. The first-order chi connectivity index (χ1) is 13.8. The smallest absolute Gasteiger partial charge is 0.161 e. The Balaban J connectivity index is 1.54. The largest absolute Gasteiger partial charge is 0.382 e. The molecule has 1 aliphatic rings. The Morgan fingerprint density at radius 3 is 2.71 bits per heavy atom. The minimum atomic E-state index is 0.354. The molecule has 7 heteroatoms. The zero-order chi connectivity index (χ0) is 18.9. The van der Waals surface area contributed by atoms with Crippen LogP contribution >= 0.6 is 0 Å². The molecule has 0 bridgehead atoms. The average molecular weight is 372 g/mol. The molecule has 5 rings (SSSR count). The molecule has 3 N–H and O–H groups in total. The number of hydrogen-bond donors (Lipinski definition) is 2. The summed E-state index contributed by atoms with van der Waals surface area (Å²) < 4.78 is 5.45. The molecule has 4 aromatic rings. The fraction of sp³-hybridized carbons (Fsp3) is 0.190. The van der Waals surface area contributed by atoms with Gasteiger partial charge >= 0.3 is 0 Å². The molecule has 1 aliphatic heterocycles. The number of benzene rings is 2. The van der Waals surface area contributed by atoms with Crippen molar-refractivity contribution in [1.82, 2.24) is 19.9 Å². The van der Waals surface area contributed by atoms with Crippen LogP contribution in [0.3, 0.4) is 0 Å². The molecule has 140 valence electrons. The zero-order valence-electron chi connectivity index (χ0n) is 15.3. The minimum absolute atomic E-state index is 0.354. The molecule has 0 saturated carbocycles. The first-order valence-corrected chi connectivity index (χ1v) is 9.29. The van der Waals surface area contributed by atoms with Crippen molar-refractivity contribution >= 4 is 22.5 Å². The number of ether oxygens (including phenoxy) is 1. The molecule has 2 aromatic carbocycles. The van der Waals surface area contributed by atoms with E-state index in [0.29, 0.717) is 17.3 Å². The number of para-hydroxylation sites is 2. The first kappa shape index (κ1) is 16.7. The standard InChI is InChI=1S/C21H20N6O/c22-20-19(21-25-16-6-1-2-7-17(16)26-21)24-18(13-23-20)14-4-3-5-15(12-14)27-8-10-28-11-9-27/h1-7,12-13H,8-11H2,(H2,22,23)(H,25,26). The van der Waals surface area contributed by atoms with Gasteiger partial charge in [-0.25, -0.2) is 15.0 Å². The van der Waals surface area contributed by atoms with Crippen molar-refractivity contribution in [1.29, 1.82) is 0 Å². The molecule has 0 aliphatic carbocycles. The first-order valence-electron chi connectivity index (χ1n) is 9.29. The Hall–Kier alpha value is -3.45. The van der Waals surface area contributed by atoms with E-state index in [1.165, 1.54) is 0 Å². The second-order valence-electron chi connectivity index (χ2n) is 6.74. The number of aromatic nitrogens is 4. The Bertz CT molecular complexity index is 1100. The number of morpholine rings is 1. The SMILES string of the molecule is Nc1ncc(-c2cccc(N3CCOCC3)c2)nc1-c1nc2ccccc2[nH]1. The molecule has 2 aromatic heterocycles. The highest BCUT2D eigenvalue weighted by Gasteiger charge is 2.15. The Morgan fingerprint density at radius 1 is 1.00 bits per heavy atom. The maximum absolute atomic E-state index is 6.11. The molecule has 0 unspecified atom stereocenters. The highest BCUT2D eigenvalue weighted by Crippen LogP contribution is 2.28. The van der Waals surface area contributed by atoms with E-state index in [2.05, 4.69) is 32.0 Å². The summed E-state index contributed by atoms with van der Waals surface area (Å²) in [4.78, 5) is 19.3. The zero-order valence-corrected chi connectivity index (χ0v) is 15.3. The number of nitrogens with one attached hydrogen (secondary N) is 1. The van der Waals surface area contributed by atoms with Gasteiger partial charge in [0.05, 0.1) is 36.1 Å². The van der Waals surface area contributed by atoms with E-state index in [-0.39, 0.29) is 0 Å². The highest BCUT2D eigenvalue weighted by atomic mass is 16.5. The Labute approximate surface area is 162 Å². The average Bonchev–Trinajstić information content (AvgIpc) is 3.19. The van der Waals surface area contributed by atoms with Gasteiger partial charge in [-0.05, 0) is 24.3 Å². The summed E-state index contributed by atoms with van der Waals surface area (Å²) in [7, 11) is 0. The monoisotopic (exact) mass is 372 g/mol. The van der Waals surface area contributed by atoms with Crippen LogP contribution in [-0.4, -0.2) is 46.2 Å². The molecule has 1 fully saturated rings. The number of rotatable bonds is 3. The number of H-pyrrole nitrogens is 1.